The van der Waals surface area contributed by atoms with Gasteiger partial charge >= 0.3 is 18.3 Å². The Kier molecular flexibility index (Phi) is 7.83. The lowest BCUT2D eigenvalue weighted by molar-refractivity contribution is -0.184. The van der Waals surface area contributed by atoms with Gasteiger partial charge in [-0.2, -0.15) is 8.78 Å². The van der Waals surface area contributed by atoms with Crippen molar-refractivity contribution in [3.05, 3.63) is 0 Å². The van der Waals surface area contributed by atoms with E-state index in [1.165, 1.54) is 23.1 Å². The van der Waals surface area contributed by atoms with Gasteiger partial charge in [0.2, 0.25) is 11.0 Å². The van der Waals surface area contributed by atoms with Crippen molar-refractivity contribution in [2.45, 2.75) is 49.3 Å². The van der Waals surface area contributed by atoms with Crippen LogP contribution in [-0.4, -0.2) is 46.8 Å². The van der Waals surface area contributed by atoms with Crippen LogP contribution in [0.4, 0.5) is 22.7 Å². The van der Waals surface area contributed by atoms with Crippen molar-refractivity contribution in [3.63, 3.8) is 0 Å². The Morgan fingerprint density at radius 3 is 2.59 bits per heavy atom. The van der Waals surface area contributed by atoms with E-state index in [0.717, 1.165) is 5.75 Å². The molecular weight excluding hydrogens is 410 g/mol. The molecule has 0 spiro atoms. The summed E-state index contributed by atoms with van der Waals surface area (Å²) in [6.07, 6.45) is -1.99. The van der Waals surface area contributed by atoms with E-state index in [1.807, 2.05) is 6.92 Å². The number of nitrogens with zero attached hydrogens (tertiary/aromatic N) is 2. The molecule has 1 aliphatic carbocycles. The van der Waals surface area contributed by atoms with E-state index >= 15 is 0 Å². The molecule has 1 N–H and O–H groups in total. The van der Waals surface area contributed by atoms with Crippen molar-refractivity contribution in [2.75, 3.05) is 17.7 Å². The molecule has 0 bridgehead atoms. The average Bonchev–Trinajstić information content (AvgIpc) is 3.07. The van der Waals surface area contributed by atoms with E-state index in [2.05, 4.69) is 20.3 Å². The zero-order valence-electron chi connectivity index (χ0n) is 14.4. The van der Waals surface area contributed by atoms with Crippen LogP contribution in [0.25, 0.3) is 0 Å². The Balaban J connectivity index is 1.98. The van der Waals surface area contributed by atoms with Gasteiger partial charge in [-0.3, -0.25) is 9.59 Å². The Bertz CT molecular complexity index is 660. The number of carbonyl (C=O) groups is 2. The van der Waals surface area contributed by atoms with E-state index in [9.17, 15) is 27.2 Å². The molecule has 1 saturated carbocycles. The molecule has 152 valence electrons. The van der Waals surface area contributed by atoms with Gasteiger partial charge in [-0.1, -0.05) is 42.9 Å². The van der Waals surface area contributed by atoms with Gasteiger partial charge in [0, 0.05) is 0 Å². The molecule has 6 nitrogen and oxygen atoms in total. The number of thioether (sulfide) groups is 1. The van der Waals surface area contributed by atoms with Crippen LogP contribution in [0.2, 0.25) is 0 Å². The summed E-state index contributed by atoms with van der Waals surface area (Å²) in [5.74, 6) is -6.91. The van der Waals surface area contributed by atoms with Crippen molar-refractivity contribution in [1.82, 2.24) is 10.2 Å². The van der Waals surface area contributed by atoms with Gasteiger partial charge in [0.05, 0.1) is 11.8 Å². The first kappa shape index (κ1) is 21.9. The standard InChI is InChI=1S/C15H19F4N3O3S2/c1-2-26-14-22-21-13(27-14)20-10(23)8-5-3-4-6-9(8)11(24)25-7-15(18,19)12(16)17/h8-9,12H,2-7H2,1H3,(H,20,21,23)/t8-,9-/m0/s1. The van der Waals surface area contributed by atoms with Gasteiger partial charge in [-0.25, -0.2) is 8.78 Å². The fourth-order valence-electron chi connectivity index (χ4n) is 2.70. The van der Waals surface area contributed by atoms with Crippen molar-refractivity contribution in [3.8, 4) is 0 Å². The number of halogens is 4. The molecule has 2 atom stereocenters. The molecule has 0 aromatic carbocycles. The number of hydrogen-bond acceptors (Lipinski definition) is 7. The highest BCUT2D eigenvalue weighted by Gasteiger charge is 2.44. The summed E-state index contributed by atoms with van der Waals surface area (Å²) >= 11 is 2.65. The molecule has 12 heteroatoms. The predicted molar refractivity (Wildman–Crippen MR) is 92.3 cm³/mol. The highest BCUT2D eigenvalue weighted by atomic mass is 32.2. The minimum atomic E-state index is -4.41. The number of rotatable bonds is 8. The Morgan fingerprint density at radius 2 is 1.96 bits per heavy atom. The van der Waals surface area contributed by atoms with E-state index < -0.39 is 42.7 Å². The normalized spacial score (nSPS) is 20.5. The summed E-state index contributed by atoms with van der Waals surface area (Å²) in [6, 6.07) is 0. The lowest BCUT2D eigenvalue weighted by Gasteiger charge is -2.29. The van der Waals surface area contributed by atoms with E-state index in [4.69, 9.17) is 0 Å². The average molecular weight is 429 g/mol. The molecule has 0 aliphatic heterocycles. The van der Waals surface area contributed by atoms with Crippen LogP contribution in [0.5, 0.6) is 0 Å². The number of hydrogen-bond donors (Lipinski definition) is 1. The summed E-state index contributed by atoms with van der Waals surface area (Å²) in [6.45, 7) is 0.239. The largest absolute Gasteiger partial charge is 0.459 e. The smallest absolute Gasteiger partial charge is 0.340 e. The summed E-state index contributed by atoms with van der Waals surface area (Å²) in [7, 11) is 0. The summed E-state index contributed by atoms with van der Waals surface area (Å²) < 4.78 is 55.4. The highest BCUT2D eigenvalue weighted by Crippen LogP contribution is 2.34. The molecule has 0 unspecified atom stereocenters. The van der Waals surface area contributed by atoms with Gasteiger partial charge in [-0.15, -0.1) is 10.2 Å². The van der Waals surface area contributed by atoms with Crippen LogP contribution >= 0.6 is 23.1 Å². The minimum Gasteiger partial charge on any atom is -0.459 e. The second kappa shape index (κ2) is 9.67. The molecule has 27 heavy (non-hydrogen) atoms. The molecule has 1 aromatic rings. The molecule has 0 radical (unpaired) electrons. The fourth-order valence-corrected chi connectivity index (χ4v) is 4.36. The first-order chi connectivity index (χ1) is 12.7. The second-order valence-corrected chi connectivity index (χ2v) is 8.45. The number of nitrogens with one attached hydrogen (secondary N) is 1. The first-order valence-electron chi connectivity index (χ1n) is 8.34. The van der Waals surface area contributed by atoms with Crippen LogP contribution in [-0.2, 0) is 14.3 Å². The maximum atomic E-state index is 13.0. The molecular formula is C15H19F4N3O3S2. The fraction of sp³-hybridized carbons (Fsp3) is 0.733. The van der Waals surface area contributed by atoms with E-state index in [1.54, 1.807) is 0 Å². The highest BCUT2D eigenvalue weighted by molar-refractivity contribution is 8.01. The van der Waals surface area contributed by atoms with Gasteiger partial charge in [0.15, 0.2) is 10.9 Å². The second-order valence-electron chi connectivity index (χ2n) is 5.96. The first-order valence-corrected chi connectivity index (χ1v) is 10.1. The van der Waals surface area contributed by atoms with Gasteiger partial charge in [0.25, 0.3) is 0 Å². The third-order valence-electron chi connectivity index (χ3n) is 4.04. The number of esters is 1. The maximum absolute atomic E-state index is 13.0. The van der Waals surface area contributed by atoms with Crippen LogP contribution in [0.1, 0.15) is 32.6 Å². The summed E-state index contributed by atoms with van der Waals surface area (Å²) in [4.78, 5) is 24.6. The Hall–Kier alpha value is -1.43. The number of alkyl halides is 4. The lowest BCUT2D eigenvalue weighted by Crippen LogP contribution is -2.39. The van der Waals surface area contributed by atoms with Crippen LogP contribution in [0, 0.1) is 11.8 Å². The van der Waals surface area contributed by atoms with Crippen LogP contribution < -0.4 is 5.32 Å². The van der Waals surface area contributed by atoms with Crippen molar-refractivity contribution in [1.29, 1.82) is 0 Å². The van der Waals surface area contributed by atoms with Crippen molar-refractivity contribution < 1.29 is 31.9 Å². The summed E-state index contributed by atoms with van der Waals surface area (Å²) in [5.41, 5.74) is 0. The van der Waals surface area contributed by atoms with Gasteiger partial charge in [-0.05, 0) is 18.6 Å². The predicted octanol–water partition coefficient (Wildman–Crippen LogP) is 3.84. The molecule has 2 rings (SSSR count). The van der Waals surface area contributed by atoms with Gasteiger partial charge < -0.3 is 10.1 Å². The third-order valence-corrected chi connectivity index (χ3v) is 5.89. The number of amides is 1. The number of anilines is 1. The quantitative estimate of drug-likeness (QED) is 0.293. The maximum Gasteiger partial charge on any atom is 0.340 e. The van der Waals surface area contributed by atoms with E-state index in [0.29, 0.717) is 23.6 Å². The number of aromatic nitrogens is 2. The van der Waals surface area contributed by atoms with Crippen molar-refractivity contribution in [2.24, 2.45) is 11.8 Å². The lowest BCUT2D eigenvalue weighted by atomic mass is 9.78. The molecule has 1 fully saturated rings. The molecule has 1 heterocycles. The molecule has 0 saturated heterocycles. The molecule has 1 aliphatic rings. The van der Waals surface area contributed by atoms with Crippen molar-refractivity contribution >= 4 is 40.1 Å². The topological polar surface area (TPSA) is 81.2 Å². The zero-order chi connectivity index (χ0) is 20.0. The van der Waals surface area contributed by atoms with Crippen LogP contribution in [0.3, 0.4) is 0 Å². The SMILES string of the molecule is CCSc1nnc(NC(=O)[C@H]2CCCC[C@@H]2C(=O)OCC(F)(F)C(F)F)s1. The van der Waals surface area contributed by atoms with Crippen LogP contribution in [0.15, 0.2) is 4.34 Å². The Morgan fingerprint density at radius 1 is 1.30 bits per heavy atom. The number of ether oxygens (including phenoxy) is 1. The third kappa shape index (κ3) is 6.03. The monoisotopic (exact) mass is 429 g/mol. The Labute approximate surface area is 161 Å². The van der Waals surface area contributed by atoms with E-state index in [-0.39, 0.29) is 11.6 Å². The number of carbonyl (C=O) groups excluding carboxylic acids is 2. The minimum absolute atomic E-state index is 0.268. The molecule has 1 amide bonds. The van der Waals surface area contributed by atoms with Gasteiger partial charge in [0.1, 0.15) is 0 Å². The summed E-state index contributed by atoms with van der Waals surface area (Å²) in [5, 5.41) is 10.6. The zero-order valence-corrected chi connectivity index (χ0v) is 16.1. The molecule has 1 aromatic heterocycles.